The number of rotatable bonds is 5. The predicted molar refractivity (Wildman–Crippen MR) is 140 cm³/mol. The predicted octanol–water partition coefficient (Wildman–Crippen LogP) is 5.18. The molecule has 1 aliphatic rings. The van der Waals surface area contributed by atoms with E-state index in [9.17, 15) is 5.11 Å². The van der Waals surface area contributed by atoms with Gasteiger partial charge in [-0.3, -0.25) is 0 Å². The van der Waals surface area contributed by atoms with Crippen LogP contribution in [0.3, 0.4) is 0 Å². The molecule has 5 aromatic rings. The van der Waals surface area contributed by atoms with Crippen molar-refractivity contribution in [3.63, 3.8) is 0 Å². The molecule has 10 heteroatoms. The van der Waals surface area contributed by atoms with Crippen molar-refractivity contribution in [2.24, 2.45) is 13.0 Å². The van der Waals surface area contributed by atoms with E-state index in [0.717, 1.165) is 46.4 Å². The number of nitrogens with zero attached hydrogens (tertiary/aromatic N) is 6. The molecule has 0 aliphatic carbocycles. The number of ether oxygens (including phenoxy) is 1. The molecule has 0 radical (unpaired) electrons. The van der Waals surface area contributed by atoms with Gasteiger partial charge in [0, 0.05) is 37.0 Å². The second-order valence-corrected chi connectivity index (χ2v) is 10.8. The molecule has 1 atom stereocenters. The van der Waals surface area contributed by atoms with Crippen LogP contribution in [0.25, 0.3) is 33.4 Å². The molecule has 9 nitrogen and oxygen atoms in total. The summed E-state index contributed by atoms with van der Waals surface area (Å²) in [6, 6.07) is 10.0. The summed E-state index contributed by atoms with van der Waals surface area (Å²) < 4.78 is 15.6. The first-order valence-corrected chi connectivity index (χ1v) is 12.8. The smallest absolute Gasteiger partial charge is 0.211 e. The molecule has 1 N–H and O–H groups in total. The van der Waals surface area contributed by atoms with Crippen molar-refractivity contribution in [1.29, 1.82) is 0 Å². The standard InChI is InChI=1S/C27H29ClN6O3/c1-15-22(33(4)32-30-15)18-13-20-21(29-14-18)25-24(26(31-37-25)27(2,3)35)34(20)23(17-9-11-36-12-10-17)16-5-7-19(28)8-6-16/h5-8,13-14,17,23,35H,9-12H2,1-4H3. The van der Waals surface area contributed by atoms with Gasteiger partial charge < -0.3 is 18.9 Å². The zero-order valence-corrected chi connectivity index (χ0v) is 22.0. The molecule has 5 heterocycles. The Bertz CT molecular complexity index is 1570. The Morgan fingerprint density at radius 1 is 1.16 bits per heavy atom. The van der Waals surface area contributed by atoms with Gasteiger partial charge in [0.15, 0.2) is 0 Å². The van der Waals surface area contributed by atoms with E-state index < -0.39 is 5.60 Å². The topological polar surface area (TPSA) is 104 Å². The maximum absolute atomic E-state index is 11.1. The number of hydrogen-bond acceptors (Lipinski definition) is 7. The Kier molecular flexibility index (Phi) is 5.82. The van der Waals surface area contributed by atoms with Crippen molar-refractivity contribution in [3.8, 4) is 11.3 Å². The molecule has 1 aromatic carbocycles. The molecular formula is C27H29ClN6O3. The minimum absolute atomic E-state index is 0.0792. The molecule has 0 saturated carbocycles. The van der Waals surface area contributed by atoms with Crippen LogP contribution in [0.1, 0.15) is 49.7 Å². The van der Waals surface area contributed by atoms with Crippen LogP contribution in [0.4, 0.5) is 0 Å². The lowest BCUT2D eigenvalue weighted by Gasteiger charge is -2.33. The highest BCUT2D eigenvalue weighted by atomic mass is 35.5. The van der Waals surface area contributed by atoms with Crippen molar-refractivity contribution >= 4 is 33.7 Å². The maximum atomic E-state index is 11.1. The van der Waals surface area contributed by atoms with E-state index in [2.05, 4.69) is 38.2 Å². The number of fused-ring (bicyclic) bond motifs is 3. The molecule has 0 amide bonds. The largest absolute Gasteiger partial charge is 0.384 e. The molecule has 0 spiro atoms. The Morgan fingerprint density at radius 2 is 1.89 bits per heavy atom. The second-order valence-electron chi connectivity index (χ2n) is 10.3. The maximum Gasteiger partial charge on any atom is 0.211 e. The van der Waals surface area contributed by atoms with E-state index in [4.69, 9.17) is 25.8 Å². The number of hydrogen-bond donors (Lipinski definition) is 1. The Hall–Kier alpha value is -3.27. The fraction of sp³-hybridized carbons (Fsp3) is 0.407. The Morgan fingerprint density at radius 3 is 2.54 bits per heavy atom. The zero-order chi connectivity index (χ0) is 25.9. The quantitative estimate of drug-likeness (QED) is 0.340. The highest BCUT2D eigenvalue weighted by Gasteiger charge is 2.35. The molecule has 0 bridgehead atoms. The van der Waals surface area contributed by atoms with Gasteiger partial charge in [-0.25, -0.2) is 9.67 Å². The highest BCUT2D eigenvalue weighted by Crippen LogP contribution is 2.43. The van der Waals surface area contributed by atoms with Gasteiger partial charge in [-0.05, 0) is 63.3 Å². The number of benzene rings is 1. The first kappa shape index (κ1) is 24.1. The lowest BCUT2D eigenvalue weighted by atomic mass is 9.86. The van der Waals surface area contributed by atoms with Crippen LogP contribution in [0, 0.1) is 12.8 Å². The lowest BCUT2D eigenvalue weighted by Crippen LogP contribution is -2.27. The number of aliphatic hydroxyl groups is 1. The van der Waals surface area contributed by atoms with Crippen molar-refractivity contribution < 1.29 is 14.4 Å². The van der Waals surface area contributed by atoms with Crippen molar-refractivity contribution in [3.05, 3.63) is 58.5 Å². The van der Waals surface area contributed by atoms with E-state index in [-0.39, 0.29) is 12.0 Å². The van der Waals surface area contributed by atoms with Crippen molar-refractivity contribution in [2.75, 3.05) is 13.2 Å². The van der Waals surface area contributed by atoms with Crippen LogP contribution < -0.4 is 0 Å². The molecule has 1 aliphatic heterocycles. The van der Waals surface area contributed by atoms with E-state index in [1.54, 1.807) is 18.5 Å². The third-order valence-electron chi connectivity index (χ3n) is 7.30. The fourth-order valence-corrected chi connectivity index (χ4v) is 5.72. The molecule has 6 rings (SSSR count). The molecule has 1 fully saturated rings. The average Bonchev–Trinajstić information content (AvgIpc) is 3.54. The zero-order valence-electron chi connectivity index (χ0n) is 21.3. The summed E-state index contributed by atoms with van der Waals surface area (Å²) >= 11 is 6.28. The van der Waals surface area contributed by atoms with Gasteiger partial charge in [-0.2, -0.15) is 0 Å². The highest BCUT2D eigenvalue weighted by molar-refractivity contribution is 6.30. The first-order valence-electron chi connectivity index (χ1n) is 12.5. The third-order valence-corrected chi connectivity index (χ3v) is 7.55. The fourth-order valence-electron chi connectivity index (χ4n) is 5.60. The molecule has 1 unspecified atom stereocenters. The molecule has 4 aromatic heterocycles. The molecular weight excluding hydrogens is 492 g/mol. The van der Waals surface area contributed by atoms with Crippen LogP contribution >= 0.6 is 11.6 Å². The summed E-state index contributed by atoms with van der Waals surface area (Å²) in [4.78, 5) is 4.85. The molecule has 1 saturated heterocycles. The van der Waals surface area contributed by atoms with Crippen LogP contribution in [0.15, 0.2) is 41.1 Å². The summed E-state index contributed by atoms with van der Waals surface area (Å²) in [6.07, 6.45) is 3.61. The SMILES string of the molecule is Cc1nnn(C)c1-c1cnc2c3onc(C(C)(C)O)c3n(C(c3ccc(Cl)cc3)C3CCOCC3)c2c1. The van der Waals surface area contributed by atoms with Crippen LogP contribution in [0.2, 0.25) is 5.02 Å². The van der Waals surface area contributed by atoms with E-state index in [1.807, 2.05) is 32.3 Å². The van der Waals surface area contributed by atoms with Gasteiger partial charge in [0.25, 0.3) is 0 Å². The molecule has 192 valence electrons. The van der Waals surface area contributed by atoms with Crippen molar-refractivity contribution in [1.82, 2.24) is 29.7 Å². The van der Waals surface area contributed by atoms with Gasteiger partial charge >= 0.3 is 0 Å². The average molecular weight is 521 g/mol. The summed E-state index contributed by atoms with van der Waals surface area (Å²) in [5.74, 6) is 0.280. The monoisotopic (exact) mass is 520 g/mol. The molecule has 37 heavy (non-hydrogen) atoms. The van der Waals surface area contributed by atoms with E-state index in [1.165, 1.54) is 0 Å². The van der Waals surface area contributed by atoms with Crippen LogP contribution in [0.5, 0.6) is 0 Å². The van der Waals surface area contributed by atoms with Gasteiger partial charge in [0.05, 0.1) is 22.9 Å². The van der Waals surface area contributed by atoms with Crippen molar-refractivity contribution in [2.45, 2.75) is 45.3 Å². The minimum atomic E-state index is -1.22. The van der Waals surface area contributed by atoms with E-state index >= 15 is 0 Å². The summed E-state index contributed by atoms with van der Waals surface area (Å²) in [7, 11) is 1.87. The summed E-state index contributed by atoms with van der Waals surface area (Å²) in [5.41, 5.74) is 5.89. The number of aryl methyl sites for hydroxylation is 2. The number of pyridine rings is 1. The van der Waals surface area contributed by atoms with E-state index in [0.29, 0.717) is 35.0 Å². The first-order chi connectivity index (χ1) is 17.7. The van der Waals surface area contributed by atoms with Crippen LogP contribution in [-0.4, -0.2) is 48.0 Å². The van der Waals surface area contributed by atoms with Gasteiger partial charge in [0.1, 0.15) is 22.3 Å². The van der Waals surface area contributed by atoms with Gasteiger partial charge in [0.2, 0.25) is 5.58 Å². The summed E-state index contributed by atoms with van der Waals surface area (Å²) in [5, 5.41) is 24.5. The third kappa shape index (κ3) is 4.02. The Balaban J connectivity index is 1.70. The number of halogens is 1. The Labute approximate surface area is 219 Å². The van der Waals surface area contributed by atoms with Crippen LogP contribution in [-0.2, 0) is 17.4 Å². The van der Waals surface area contributed by atoms with Gasteiger partial charge in [-0.1, -0.05) is 34.1 Å². The number of aromatic nitrogens is 6. The normalized spacial score (nSPS) is 16.2. The second kappa shape index (κ2) is 8.93. The lowest BCUT2D eigenvalue weighted by molar-refractivity contribution is 0.0547. The summed E-state index contributed by atoms with van der Waals surface area (Å²) in [6.45, 7) is 6.78. The van der Waals surface area contributed by atoms with Gasteiger partial charge in [-0.15, -0.1) is 5.10 Å². The minimum Gasteiger partial charge on any atom is -0.384 e.